The molecule has 0 radical (unpaired) electrons. The normalized spacial score (nSPS) is 12.8. The first-order chi connectivity index (χ1) is 27.8. The first-order valence-electron chi connectivity index (χ1n) is 19.1. The molecule has 0 atom stereocenters. The molecular formula is C53H35N3. The number of hydrogen-bond donors (Lipinski definition) is 0. The van der Waals surface area contributed by atoms with Gasteiger partial charge in [0.25, 0.3) is 0 Å². The highest BCUT2D eigenvalue weighted by Crippen LogP contribution is 2.57. The quantitative estimate of drug-likeness (QED) is 0.172. The zero-order valence-electron chi connectivity index (χ0n) is 30.5. The summed E-state index contributed by atoms with van der Waals surface area (Å²) in [6, 6.07) is 70.8. The summed E-state index contributed by atoms with van der Waals surface area (Å²) in [4.78, 5) is 9.16. The summed E-state index contributed by atoms with van der Waals surface area (Å²) in [5.41, 5.74) is 17.1. The van der Waals surface area contributed by atoms with Crippen LogP contribution >= 0.6 is 0 Å². The van der Waals surface area contributed by atoms with Gasteiger partial charge in [0.15, 0.2) is 0 Å². The lowest BCUT2D eigenvalue weighted by Gasteiger charge is -2.34. The van der Waals surface area contributed by atoms with Gasteiger partial charge in [-0.2, -0.15) is 0 Å². The average molecular weight is 714 g/mol. The van der Waals surface area contributed by atoms with Crippen LogP contribution in [0.3, 0.4) is 0 Å². The molecule has 10 aromatic rings. The van der Waals surface area contributed by atoms with E-state index < -0.39 is 5.41 Å². The monoisotopic (exact) mass is 713 g/mol. The Morgan fingerprint density at radius 1 is 0.393 bits per heavy atom. The van der Waals surface area contributed by atoms with E-state index in [1.807, 2.05) is 24.5 Å². The molecule has 3 heteroatoms. The van der Waals surface area contributed by atoms with E-state index in [9.17, 15) is 0 Å². The maximum atomic E-state index is 4.87. The van der Waals surface area contributed by atoms with E-state index in [2.05, 4.69) is 192 Å². The molecule has 0 saturated carbocycles. The molecule has 0 bridgehead atoms. The molecule has 262 valence electrons. The lowest BCUT2D eigenvalue weighted by molar-refractivity contribution is 0.769. The van der Waals surface area contributed by atoms with E-state index in [0.29, 0.717) is 0 Å². The molecule has 0 fully saturated rings. The van der Waals surface area contributed by atoms with Crippen molar-refractivity contribution >= 4 is 21.8 Å². The molecule has 0 aliphatic heterocycles. The minimum absolute atomic E-state index is 0.537. The smallest absolute Gasteiger partial charge is 0.0717 e. The van der Waals surface area contributed by atoms with Crippen LogP contribution in [0.15, 0.2) is 213 Å². The summed E-state index contributed by atoms with van der Waals surface area (Å²) < 4.78 is 2.38. The summed E-state index contributed by atoms with van der Waals surface area (Å²) in [6.07, 6.45) is 5.63. The van der Waals surface area contributed by atoms with E-state index >= 15 is 0 Å². The van der Waals surface area contributed by atoms with Gasteiger partial charge in [-0.3, -0.25) is 9.97 Å². The van der Waals surface area contributed by atoms with Crippen LogP contribution < -0.4 is 0 Å². The summed E-state index contributed by atoms with van der Waals surface area (Å²) in [7, 11) is 0. The van der Waals surface area contributed by atoms with Gasteiger partial charge in [0.1, 0.15) is 0 Å². The van der Waals surface area contributed by atoms with Crippen molar-refractivity contribution in [2.45, 2.75) is 5.41 Å². The molecule has 0 spiro atoms. The first-order valence-corrected chi connectivity index (χ1v) is 19.1. The van der Waals surface area contributed by atoms with E-state index in [-0.39, 0.29) is 0 Å². The fourth-order valence-corrected chi connectivity index (χ4v) is 9.10. The SMILES string of the molecule is c1ccc(C2(c3ccccc3)c3cc(-c4ccc(-n5c6ccccc6c6ccccc65)cc4)ccc3-c3ccc(-c4ccc(-c5cccnc5)nc4)cc32)cc1. The Bertz CT molecular complexity index is 2950. The van der Waals surface area contributed by atoms with Gasteiger partial charge in [-0.15, -0.1) is 0 Å². The fourth-order valence-electron chi connectivity index (χ4n) is 9.10. The van der Waals surface area contributed by atoms with Crippen molar-refractivity contribution in [3.63, 3.8) is 0 Å². The highest BCUT2D eigenvalue weighted by molar-refractivity contribution is 6.09. The van der Waals surface area contributed by atoms with Gasteiger partial charge in [-0.1, -0.05) is 140 Å². The standard InChI is InChI=1S/C53H35N3/c1-3-13-41(14-4-1)53(42-15-5-2-6-16-42)48-32-37(36-21-26-43(27-22-36)56-51-19-9-7-17-46(51)47-18-8-10-20-52(47)56)23-28-44(48)45-29-24-38(33-49(45)53)39-25-30-50(55-35-39)40-12-11-31-54-34-40/h1-35H. The number of rotatable bonds is 6. The number of benzene rings is 7. The largest absolute Gasteiger partial charge is 0.309 e. The predicted molar refractivity (Wildman–Crippen MR) is 230 cm³/mol. The van der Waals surface area contributed by atoms with Gasteiger partial charge < -0.3 is 4.57 Å². The summed E-state index contributed by atoms with van der Waals surface area (Å²) in [5.74, 6) is 0. The second kappa shape index (κ2) is 12.9. The zero-order chi connectivity index (χ0) is 37.1. The van der Waals surface area contributed by atoms with Crippen molar-refractivity contribution in [3.8, 4) is 50.3 Å². The lowest BCUT2D eigenvalue weighted by Crippen LogP contribution is -2.28. The first kappa shape index (κ1) is 32.1. The van der Waals surface area contributed by atoms with E-state index in [4.69, 9.17) is 4.98 Å². The minimum atomic E-state index is -0.537. The van der Waals surface area contributed by atoms with Crippen LogP contribution in [-0.4, -0.2) is 14.5 Å². The van der Waals surface area contributed by atoms with Crippen molar-refractivity contribution in [1.82, 2.24) is 14.5 Å². The number of fused-ring (bicyclic) bond motifs is 6. The topological polar surface area (TPSA) is 30.7 Å². The Balaban J connectivity index is 1.07. The number of pyridine rings is 2. The Labute approximate surface area is 325 Å². The molecule has 1 aliphatic carbocycles. The van der Waals surface area contributed by atoms with E-state index in [0.717, 1.165) is 28.1 Å². The van der Waals surface area contributed by atoms with Crippen LogP contribution in [-0.2, 0) is 5.41 Å². The van der Waals surface area contributed by atoms with Crippen LogP contribution in [0.1, 0.15) is 22.3 Å². The number of hydrogen-bond acceptors (Lipinski definition) is 2. The average Bonchev–Trinajstić information content (AvgIpc) is 3.77. The summed E-state index contributed by atoms with van der Waals surface area (Å²) >= 11 is 0. The second-order valence-electron chi connectivity index (χ2n) is 14.6. The Morgan fingerprint density at radius 2 is 0.929 bits per heavy atom. The van der Waals surface area contributed by atoms with Crippen molar-refractivity contribution < 1.29 is 0 Å². The molecule has 0 unspecified atom stereocenters. The van der Waals surface area contributed by atoms with Crippen LogP contribution in [0.5, 0.6) is 0 Å². The highest BCUT2D eigenvalue weighted by Gasteiger charge is 2.46. The van der Waals surface area contributed by atoms with Crippen molar-refractivity contribution in [2.24, 2.45) is 0 Å². The van der Waals surface area contributed by atoms with Crippen molar-refractivity contribution in [1.29, 1.82) is 0 Å². The molecule has 7 aromatic carbocycles. The molecule has 3 heterocycles. The molecule has 0 saturated heterocycles. The Morgan fingerprint density at radius 3 is 1.48 bits per heavy atom. The second-order valence-corrected chi connectivity index (χ2v) is 14.6. The molecular weight excluding hydrogens is 679 g/mol. The predicted octanol–water partition coefficient (Wildman–Crippen LogP) is 12.9. The third-order valence-electron chi connectivity index (χ3n) is 11.6. The summed E-state index contributed by atoms with van der Waals surface area (Å²) in [5, 5.41) is 2.54. The molecule has 3 aromatic heterocycles. The maximum absolute atomic E-state index is 4.87. The highest BCUT2D eigenvalue weighted by atomic mass is 15.0. The summed E-state index contributed by atoms with van der Waals surface area (Å²) in [6.45, 7) is 0. The molecule has 0 amide bonds. The van der Waals surface area contributed by atoms with Crippen molar-refractivity contribution in [3.05, 3.63) is 235 Å². The van der Waals surface area contributed by atoms with Gasteiger partial charge in [0.05, 0.1) is 22.1 Å². The molecule has 0 N–H and O–H groups in total. The van der Waals surface area contributed by atoms with E-state index in [1.54, 1.807) is 6.20 Å². The van der Waals surface area contributed by atoms with Gasteiger partial charge in [-0.25, -0.2) is 0 Å². The molecule has 1 aliphatic rings. The fraction of sp³-hybridized carbons (Fsp3) is 0.0189. The van der Waals surface area contributed by atoms with Gasteiger partial charge in [0.2, 0.25) is 0 Å². The van der Waals surface area contributed by atoms with Gasteiger partial charge in [-0.05, 0) is 105 Å². The third kappa shape index (κ3) is 4.91. The Kier molecular flexibility index (Phi) is 7.39. The van der Waals surface area contributed by atoms with Crippen LogP contribution in [0, 0.1) is 0 Å². The molecule has 11 rings (SSSR count). The maximum Gasteiger partial charge on any atom is 0.0717 e. The van der Waals surface area contributed by atoms with Crippen LogP contribution in [0.25, 0.3) is 72.1 Å². The van der Waals surface area contributed by atoms with Gasteiger partial charge in [0, 0.05) is 46.2 Å². The third-order valence-corrected chi connectivity index (χ3v) is 11.6. The lowest BCUT2D eigenvalue weighted by atomic mass is 9.67. The minimum Gasteiger partial charge on any atom is -0.309 e. The molecule has 3 nitrogen and oxygen atoms in total. The Hall–Kier alpha value is -7.36. The van der Waals surface area contributed by atoms with Crippen molar-refractivity contribution in [2.75, 3.05) is 0 Å². The van der Waals surface area contributed by atoms with Gasteiger partial charge >= 0.3 is 0 Å². The zero-order valence-corrected chi connectivity index (χ0v) is 30.5. The van der Waals surface area contributed by atoms with E-state index in [1.165, 1.54) is 66.3 Å². The number of nitrogens with zero attached hydrogens (tertiary/aromatic N) is 3. The number of aromatic nitrogens is 3. The molecule has 56 heavy (non-hydrogen) atoms. The number of para-hydroxylation sites is 2. The van der Waals surface area contributed by atoms with Crippen LogP contribution in [0.4, 0.5) is 0 Å². The van der Waals surface area contributed by atoms with Crippen LogP contribution in [0.2, 0.25) is 0 Å².